The van der Waals surface area contributed by atoms with Gasteiger partial charge in [0.15, 0.2) is 0 Å². The van der Waals surface area contributed by atoms with Gasteiger partial charge >= 0.3 is 0 Å². The Morgan fingerprint density at radius 2 is 2.08 bits per heavy atom. The molecule has 12 heavy (non-hydrogen) atoms. The van der Waals surface area contributed by atoms with E-state index in [9.17, 15) is 0 Å². The average molecular weight is 171 g/mol. The van der Waals surface area contributed by atoms with Crippen molar-refractivity contribution in [3.05, 3.63) is 0 Å². The maximum Gasteiger partial charge on any atom is 0.0512 e. The van der Waals surface area contributed by atoms with Gasteiger partial charge in [-0.05, 0) is 52.0 Å². The predicted octanol–water partition coefficient (Wildman–Crippen LogP) is 1.54. The third-order valence-corrected chi connectivity index (χ3v) is 2.59. The maximum absolute atomic E-state index is 9.01. The monoisotopic (exact) mass is 171 g/mol. The number of aliphatic hydroxyl groups excluding tert-OH is 1. The lowest BCUT2D eigenvalue weighted by atomic mass is 10.2. The minimum atomic E-state index is -0.136. The minimum Gasteiger partial charge on any atom is -0.393 e. The van der Waals surface area contributed by atoms with Gasteiger partial charge in [-0.2, -0.15) is 0 Å². The smallest absolute Gasteiger partial charge is 0.0512 e. The van der Waals surface area contributed by atoms with Gasteiger partial charge in [0.05, 0.1) is 6.10 Å². The van der Waals surface area contributed by atoms with Gasteiger partial charge < -0.3 is 10.4 Å². The summed E-state index contributed by atoms with van der Waals surface area (Å²) in [6.07, 6.45) is 4.69. The molecule has 0 aromatic carbocycles. The van der Waals surface area contributed by atoms with Crippen molar-refractivity contribution in [1.82, 2.24) is 5.32 Å². The second-order valence-electron chi connectivity index (χ2n) is 4.07. The van der Waals surface area contributed by atoms with E-state index in [-0.39, 0.29) is 6.10 Å². The molecule has 0 amide bonds. The summed E-state index contributed by atoms with van der Waals surface area (Å²) in [5.41, 5.74) is 0. The minimum absolute atomic E-state index is 0.136. The van der Waals surface area contributed by atoms with Crippen LogP contribution in [0.4, 0.5) is 0 Å². The molecule has 1 rings (SSSR count). The second kappa shape index (κ2) is 4.83. The summed E-state index contributed by atoms with van der Waals surface area (Å²) in [7, 11) is 0. The van der Waals surface area contributed by atoms with Crippen LogP contribution in [0.5, 0.6) is 0 Å². The molecule has 1 fully saturated rings. The first-order valence-electron chi connectivity index (χ1n) is 5.11. The van der Waals surface area contributed by atoms with Crippen LogP contribution >= 0.6 is 0 Å². The molecule has 2 heteroatoms. The summed E-state index contributed by atoms with van der Waals surface area (Å²) in [6, 6.07) is 0.694. The third kappa shape index (κ3) is 4.07. The van der Waals surface area contributed by atoms with E-state index in [0.717, 1.165) is 25.3 Å². The molecule has 0 saturated heterocycles. The molecule has 0 radical (unpaired) electrons. The van der Waals surface area contributed by atoms with E-state index >= 15 is 0 Å². The molecular weight excluding hydrogens is 150 g/mol. The van der Waals surface area contributed by atoms with Crippen LogP contribution in [-0.2, 0) is 0 Å². The normalized spacial score (nSPS) is 22.2. The molecule has 72 valence electrons. The largest absolute Gasteiger partial charge is 0.393 e. The van der Waals surface area contributed by atoms with Crippen molar-refractivity contribution >= 4 is 0 Å². The first kappa shape index (κ1) is 10.0. The van der Waals surface area contributed by atoms with Crippen LogP contribution in [-0.4, -0.2) is 23.8 Å². The molecule has 0 spiro atoms. The molecule has 2 atom stereocenters. The zero-order valence-electron chi connectivity index (χ0n) is 8.21. The number of nitrogens with one attached hydrogen (secondary N) is 1. The van der Waals surface area contributed by atoms with Gasteiger partial charge in [0.25, 0.3) is 0 Å². The quantitative estimate of drug-likeness (QED) is 0.594. The zero-order valence-corrected chi connectivity index (χ0v) is 8.21. The number of hydrogen-bond acceptors (Lipinski definition) is 2. The maximum atomic E-state index is 9.01. The molecule has 1 saturated carbocycles. The molecule has 1 aliphatic rings. The fraction of sp³-hybridized carbons (Fsp3) is 1.00. The summed E-state index contributed by atoms with van der Waals surface area (Å²) in [5, 5.41) is 12.5. The second-order valence-corrected chi connectivity index (χ2v) is 4.07. The molecular formula is C10H21NO. The summed E-state index contributed by atoms with van der Waals surface area (Å²) in [4.78, 5) is 0. The van der Waals surface area contributed by atoms with E-state index in [0.29, 0.717) is 6.04 Å². The summed E-state index contributed by atoms with van der Waals surface area (Å²) >= 11 is 0. The molecule has 0 aromatic heterocycles. The fourth-order valence-corrected chi connectivity index (χ4v) is 1.49. The number of aliphatic hydroxyl groups is 1. The third-order valence-electron chi connectivity index (χ3n) is 2.59. The molecule has 2 nitrogen and oxygen atoms in total. The fourth-order valence-electron chi connectivity index (χ4n) is 1.49. The number of hydrogen-bond donors (Lipinski definition) is 2. The Labute approximate surface area is 75.4 Å². The lowest BCUT2D eigenvalue weighted by Gasteiger charge is -2.12. The van der Waals surface area contributed by atoms with Gasteiger partial charge in [-0.15, -0.1) is 0 Å². The van der Waals surface area contributed by atoms with Crippen LogP contribution < -0.4 is 5.32 Å². The van der Waals surface area contributed by atoms with E-state index in [1.807, 2.05) is 6.92 Å². The summed E-state index contributed by atoms with van der Waals surface area (Å²) in [5.74, 6) is 0.941. The Morgan fingerprint density at radius 1 is 1.42 bits per heavy atom. The number of rotatable bonds is 6. The Kier molecular flexibility index (Phi) is 4.02. The van der Waals surface area contributed by atoms with Gasteiger partial charge in [-0.25, -0.2) is 0 Å². The van der Waals surface area contributed by atoms with Crippen LogP contribution in [0.2, 0.25) is 0 Å². The summed E-state index contributed by atoms with van der Waals surface area (Å²) in [6.45, 7) is 5.17. The standard InChI is InChI=1S/C10H21NO/c1-8(12)4-3-7-11-9(2)10-5-6-10/h8-12H,3-7H2,1-2H3. The SMILES string of the molecule is CC(O)CCCNC(C)C1CC1. The van der Waals surface area contributed by atoms with E-state index in [1.165, 1.54) is 12.8 Å². The van der Waals surface area contributed by atoms with Crippen molar-refractivity contribution in [2.24, 2.45) is 5.92 Å². The Hall–Kier alpha value is -0.0800. The van der Waals surface area contributed by atoms with Gasteiger partial charge in [0.2, 0.25) is 0 Å². The van der Waals surface area contributed by atoms with Gasteiger partial charge in [0, 0.05) is 6.04 Å². The first-order chi connectivity index (χ1) is 5.70. The molecule has 0 aliphatic heterocycles. The van der Waals surface area contributed by atoms with E-state index in [4.69, 9.17) is 5.11 Å². The molecule has 1 aliphatic carbocycles. The average Bonchev–Trinajstić information content (AvgIpc) is 2.79. The van der Waals surface area contributed by atoms with Gasteiger partial charge in [-0.3, -0.25) is 0 Å². The van der Waals surface area contributed by atoms with Crippen LogP contribution in [0.1, 0.15) is 39.5 Å². The van der Waals surface area contributed by atoms with Gasteiger partial charge in [0.1, 0.15) is 0 Å². The Balaban J connectivity index is 1.87. The highest BCUT2D eigenvalue weighted by atomic mass is 16.3. The topological polar surface area (TPSA) is 32.3 Å². The van der Waals surface area contributed by atoms with Crippen molar-refractivity contribution in [2.75, 3.05) is 6.54 Å². The predicted molar refractivity (Wildman–Crippen MR) is 51.1 cm³/mol. The molecule has 2 N–H and O–H groups in total. The van der Waals surface area contributed by atoms with Crippen LogP contribution in [0, 0.1) is 5.92 Å². The molecule has 0 aromatic rings. The van der Waals surface area contributed by atoms with Crippen molar-refractivity contribution in [3.63, 3.8) is 0 Å². The van der Waals surface area contributed by atoms with Crippen LogP contribution in [0.25, 0.3) is 0 Å². The first-order valence-corrected chi connectivity index (χ1v) is 5.11. The molecule has 0 heterocycles. The van der Waals surface area contributed by atoms with Crippen LogP contribution in [0.15, 0.2) is 0 Å². The van der Waals surface area contributed by atoms with Crippen molar-refractivity contribution in [2.45, 2.75) is 51.7 Å². The zero-order chi connectivity index (χ0) is 8.97. The molecule has 2 unspecified atom stereocenters. The van der Waals surface area contributed by atoms with Crippen molar-refractivity contribution in [1.29, 1.82) is 0 Å². The van der Waals surface area contributed by atoms with Crippen molar-refractivity contribution < 1.29 is 5.11 Å². The lowest BCUT2D eigenvalue weighted by Crippen LogP contribution is -2.29. The van der Waals surface area contributed by atoms with Gasteiger partial charge in [-0.1, -0.05) is 0 Å². The highest BCUT2D eigenvalue weighted by Crippen LogP contribution is 2.32. The van der Waals surface area contributed by atoms with Crippen molar-refractivity contribution in [3.8, 4) is 0 Å². The molecule has 0 bridgehead atoms. The van der Waals surface area contributed by atoms with Crippen LogP contribution in [0.3, 0.4) is 0 Å². The van der Waals surface area contributed by atoms with E-state index in [1.54, 1.807) is 0 Å². The summed E-state index contributed by atoms with van der Waals surface area (Å²) < 4.78 is 0. The van der Waals surface area contributed by atoms with E-state index in [2.05, 4.69) is 12.2 Å². The Morgan fingerprint density at radius 3 is 2.58 bits per heavy atom. The highest BCUT2D eigenvalue weighted by Gasteiger charge is 2.26. The Bertz CT molecular complexity index is 121. The lowest BCUT2D eigenvalue weighted by molar-refractivity contribution is 0.181. The highest BCUT2D eigenvalue weighted by molar-refractivity contribution is 4.82. The van der Waals surface area contributed by atoms with E-state index < -0.39 is 0 Å².